The minimum atomic E-state index is -5.39. The minimum absolute atomic E-state index is 0. The van der Waals surface area contributed by atoms with Crippen molar-refractivity contribution in [2.24, 2.45) is 0 Å². The van der Waals surface area contributed by atoms with Crippen LogP contribution in [0.15, 0.2) is 0 Å². The van der Waals surface area contributed by atoms with Crippen LogP contribution in [0.25, 0.3) is 0 Å². The zero-order valence-electron chi connectivity index (χ0n) is 9.04. The summed E-state index contributed by atoms with van der Waals surface area (Å²) in [5.74, 6) is 0. The standard InChI is InChI=1S/H3O4P.5H2O.5O.6V/c1-5(2,3)4;;;;;;;;;;;;;;;;/h(H3,1,2,3,4);5*1H2;;;;;;;;;;;/q;;;;;;5*-2;;;;;;/p-8. The first-order valence-electron chi connectivity index (χ1n) is 0.730. The predicted molar refractivity (Wildman–Crippen MR) is 20.7 cm³/mol. The molecule has 142 valence electrons. The van der Waals surface area contributed by atoms with Gasteiger partial charge in [0.2, 0.25) is 0 Å². The normalized spacial score (nSPS) is 2.81. The van der Waals surface area contributed by atoms with E-state index in [9.17, 15) is 0 Å². The van der Waals surface area contributed by atoms with E-state index in [0.29, 0.717) is 0 Å². The molecular weight excluding hydrogens is 561 g/mol. The average molecular weight is 566 g/mol. The fourth-order valence-electron chi connectivity index (χ4n) is 0. The first-order chi connectivity index (χ1) is 2.00. The molecule has 21 heteroatoms. The van der Waals surface area contributed by atoms with Crippen molar-refractivity contribution in [2.75, 3.05) is 0 Å². The summed E-state index contributed by atoms with van der Waals surface area (Å²) in [7, 11) is -5.39. The Bertz CT molecular complexity index is 69.6. The van der Waals surface area contributed by atoms with E-state index in [-0.39, 0.29) is 166 Å². The molecule has 0 unspecified atom stereocenters. The van der Waals surface area contributed by atoms with Gasteiger partial charge in [0.25, 0.3) is 0 Å². The number of hydrogen-bond donors (Lipinski definition) is 0. The molecule has 0 atom stereocenters. The largest absolute Gasteiger partial charge is 2.00 e. The summed E-state index contributed by atoms with van der Waals surface area (Å²) in [6.07, 6.45) is 0. The fraction of sp³-hybridized carbons (Fsp3) is 0. The molecule has 5 N–H and O–H groups in total. The molecule has 0 aliphatic carbocycles. The van der Waals surface area contributed by atoms with Gasteiger partial charge in [0.1, 0.15) is 0 Å². The van der Waals surface area contributed by atoms with Gasteiger partial charge in [-0.2, -0.15) is 7.82 Å². The second-order valence-electron chi connectivity index (χ2n) is 0.447. The number of hydrogen-bond acceptors (Lipinski definition) is 9. The molecule has 0 saturated carbocycles. The summed E-state index contributed by atoms with van der Waals surface area (Å²) in [5.41, 5.74) is 0. The summed E-state index contributed by atoms with van der Waals surface area (Å²) >= 11 is 0. The van der Waals surface area contributed by atoms with Crippen LogP contribution in [-0.4, -0.2) is 27.4 Å². The molecule has 0 amide bonds. The van der Waals surface area contributed by atoms with Crippen LogP contribution in [0.1, 0.15) is 0 Å². The molecule has 0 saturated heterocycles. The maximum absolute atomic E-state index is 8.55. The van der Waals surface area contributed by atoms with Gasteiger partial charge in [0, 0.05) is 111 Å². The Kier molecular flexibility index (Phi) is 1610. The van der Waals surface area contributed by atoms with Crippen LogP contribution < -0.4 is 14.7 Å². The molecule has 0 fully saturated rings. The van der Waals surface area contributed by atoms with Crippen LogP contribution in [0.5, 0.6) is 0 Å². The van der Waals surface area contributed by atoms with Gasteiger partial charge in [0.05, 0.1) is 0 Å². The molecule has 0 aromatic heterocycles. The third-order valence-corrected chi connectivity index (χ3v) is 0. The number of phosphoric acid groups is 1. The van der Waals surface area contributed by atoms with Crippen LogP contribution >= 0.6 is 7.82 Å². The van der Waals surface area contributed by atoms with Gasteiger partial charge in [-0.05, 0) is 0 Å². The van der Waals surface area contributed by atoms with Crippen molar-refractivity contribution in [2.45, 2.75) is 0 Å². The molecule has 0 rings (SSSR count). The van der Waals surface area contributed by atoms with E-state index in [4.69, 9.17) is 19.2 Å². The Balaban J connectivity index is -0.000000000667. The summed E-state index contributed by atoms with van der Waals surface area (Å²) in [6, 6.07) is 0. The Morgan fingerprint density at radius 2 is 0.429 bits per heavy atom. The van der Waals surface area contributed by atoms with Gasteiger partial charge >= 0.3 is 0 Å². The zero-order valence-corrected chi connectivity index (χ0v) is 18.3. The first kappa shape index (κ1) is 251. The van der Waals surface area contributed by atoms with Crippen molar-refractivity contribution in [3.05, 3.63) is 0 Å². The van der Waals surface area contributed by atoms with Gasteiger partial charge in [0.15, 0.2) is 0 Å². The molecule has 0 heterocycles. The molecule has 21 heavy (non-hydrogen) atoms. The molecule has 0 aliphatic heterocycles. The van der Waals surface area contributed by atoms with E-state index in [1.165, 1.54) is 0 Å². The molecule has 14 nitrogen and oxygen atoms in total. The van der Waals surface area contributed by atoms with Crippen LogP contribution in [0, 0.1) is 0 Å². The Labute approximate surface area is 191 Å². The van der Waals surface area contributed by atoms with Crippen molar-refractivity contribution in [3.63, 3.8) is 0 Å². The van der Waals surface area contributed by atoms with Gasteiger partial charge < -0.3 is 74.0 Å². The molecule has 0 aliphatic rings. The van der Waals surface area contributed by atoms with Crippen LogP contribution in [0.2, 0.25) is 0 Å². The SMILES string of the molecule is O=P([O-])([O-])[O-].[O-2].[O-2].[O-2].[O-2].[O-2].[OH-].[OH-].[OH-].[OH-].[OH-].[V].[V].[V].[V].[V].[V]. The van der Waals surface area contributed by atoms with E-state index < -0.39 is 7.82 Å². The van der Waals surface area contributed by atoms with Crippen molar-refractivity contribution >= 4 is 7.82 Å². The second kappa shape index (κ2) is 135. The summed E-state index contributed by atoms with van der Waals surface area (Å²) in [6.45, 7) is 0. The molecule has 0 spiro atoms. The smallest absolute Gasteiger partial charge is 0 e. The van der Waals surface area contributed by atoms with Crippen LogP contribution in [0.4, 0.5) is 0 Å². The van der Waals surface area contributed by atoms with E-state index in [0.717, 1.165) is 0 Å². The average Bonchev–Trinajstić information content (AvgIpc) is 0.722. The molecule has 0 bridgehead atoms. The van der Waals surface area contributed by atoms with Gasteiger partial charge in [-0.15, -0.1) is 0 Å². The van der Waals surface area contributed by atoms with Crippen molar-refractivity contribution in [1.29, 1.82) is 0 Å². The van der Waals surface area contributed by atoms with E-state index in [2.05, 4.69) is 0 Å². The van der Waals surface area contributed by atoms with Crippen molar-refractivity contribution in [3.8, 4) is 0 Å². The van der Waals surface area contributed by atoms with Gasteiger partial charge in [-0.25, -0.2) is 0 Å². The maximum atomic E-state index is 8.55. The second-order valence-corrected chi connectivity index (χ2v) is 1.34. The van der Waals surface area contributed by atoms with Crippen LogP contribution in [-0.2, 0) is 143 Å². The van der Waals surface area contributed by atoms with E-state index in [1.807, 2.05) is 0 Å². The number of rotatable bonds is 0. The van der Waals surface area contributed by atoms with Gasteiger partial charge in [-0.1, -0.05) is 0 Å². The van der Waals surface area contributed by atoms with Crippen LogP contribution in [0.3, 0.4) is 0 Å². The topological polar surface area (TPSA) is 379 Å². The summed E-state index contributed by atoms with van der Waals surface area (Å²) in [4.78, 5) is 25.6. The monoisotopic (exact) mass is 566 g/mol. The zero-order chi connectivity index (χ0) is 4.50. The molecular formula is H5O14PV6-18. The van der Waals surface area contributed by atoms with Gasteiger partial charge in [-0.3, -0.25) is 0 Å². The summed E-state index contributed by atoms with van der Waals surface area (Å²) < 4.78 is 8.55. The third-order valence-electron chi connectivity index (χ3n) is 0. The Morgan fingerprint density at radius 1 is 0.429 bits per heavy atom. The predicted octanol–water partition coefficient (Wildman–Crippen LogP) is -4.32. The molecule has 0 aromatic rings. The minimum Gasteiger partial charge on any atom is -2.00 e. The fourth-order valence-corrected chi connectivity index (χ4v) is 0. The molecule has 6 radical (unpaired) electrons. The first-order valence-corrected chi connectivity index (χ1v) is 2.19. The van der Waals surface area contributed by atoms with Crippen molar-refractivity contribution < 1.29 is 185 Å². The quantitative estimate of drug-likeness (QED) is 0.256. The maximum Gasteiger partial charge on any atom is 0 e. The van der Waals surface area contributed by atoms with E-state index >= 15 is 0 Å². The van der Waals surface area contributed by atoms with E-state index in [1.54, 1.807) is 0 Å². The molecule has 0 aromatic carbocycles. The summed E-state index contributed by atoms with van der Waals surface area (Å²) in [5, 5.41) is 0. The van der Waals surface area contributed by atoms with Crippen molar-refractivity contribution in [1.82, 2.24) is 0 Å². The third kappa shape index (κ3) is 1010. The Hall–Kier alpha value is 3.22. The Morgan fingerprint density at radius 3 is 0.429 bits per heavy atom.